The Morgan fingerprint density at radius 1 is 1.08 bits per heavy atom. The van der Waals surface area contributed by atoms with Gasteiger partial charge in [0.05, 0.1) is 33.0 Å². The molecule has 3 atom stereocenters. The van der Waals surface area contributed by atoms with Crippen LogP contribution in [-0.2, 0) is 11.2 Å². The fourth-order valence-corrected chi connectivity index (χ4v) is 4.12. The Hall–Kier alpha value is -1.01. The molecule has 1 aromatic rings. The van der Waals surface area contributed by atoms with Crippen LogP contribution in [0.25, 0.3) is 0 Å². The monoisotopic (exact) mass is 387 g/mol. The van der Waals surface area contributed by atoms with Gasteiger partial charge in [-0.1, -0.05) is 18.9 Å². The molecular formula is C20H32ClNO4. The normalized spacial score (nSPS) is 26.3. The molecule has 1 aliphatic carbocycles. The van der Waals surface area contributed by atoms with Gasteiger partial charge in [-0.2, -0.15) is 0 Å². The Morgan fingerprint density at radius 2 is 1.85 bits per heavy atom. The SMILES string of the molecule is Cl.[13CH3]Oc1ccc(CCO[C@H]2CCCCC2N2CC[C@@H](O)C2)cc1O[13CH3]. The Morgan fingerprint density at radius 3 is 2.54 bits per heavy atom. The summed E-state index contributed by atoms with van der Waals surface area (Å²) < 4.78 is 16.9. The summed E-state index contributed by atoms with van der Waals surface area (Å²) in [5.74, 6) is 1.52. The third kappa shape index (κ3) is 5.26. The number of hydrogen-bond acceptors (Lipinski definition) is 5. The van der Waals surface area contributed by atoms with Crippen molar-refractivity contribution in [3.63, 3.8) is 0 Å². The largest absolute Gasteiger partial charge is 0.493 e. The summed E-state index contributed by atoms with van der Waals surface area (Å²) in [6.07, 6.45) is 6.73. The topological polar surface area (TPSA) is 51.2 Å². The van der Waals surface area contributed by atoms with E-state index in [4.69, 9.17) is 14.2 Å². The van der Waals surface area contributed by atoms with Crippen molar-refractivity contribution in [1.82, 2.24) is 4.90 Å². The van der Waals surface area contributed by atoms with E-state index < -0.39 is 0 Å². The van der Waals surface area contributed by atoms with Crippen molar-refractivity contribution < 1.29 is 19.3 Å². The maximum atomic E-state index is 9.83. The van der Waals surface area contributed by atoms with Gasteiger partial charge in [-0.15, -0.1) is 12.4 Å². The number of rotatable bonds is 7. The van der Waals surface area contributed by atoms with Crippen molar-refractivity contribution in [2.24, 2.45) is 0 Å². The summed E-state index contributed by atoms with van der Waals surface area (Å²) in [5, 5.41) is 9.83. The van der Waals surface area contributed by atoms with Gasteiger partial charge in [0.2, 0.25) is 0 Å². The van der Waals surface area contributed by atoms with E-state index in [2.05, 4.69) is 11.0 Å². The molecule has 1 unspecified atom stereocenters. The molecule has 1 aliphatic heterocycles. The molecule has 1 saturated heterocycles. The number of aliphatic hydroxyl groups is 1. The van der Waals surface area contributed by atoms with E-state index >= 15 is 0 Å². The summed E-state index contributed by atoms with van der Waals surface area (Å²) in [6, 6.07) is 6.51. The molecule has 1 aromatic carbocycles. The zero-order valence-corrected chi connectivity index (χ0v) is 16.7. The van der Waals surface area contributed by atoms with Crippen molar-refractivity contribution in [2.75, 3.05) is 33.9 Å². The number of hydrogen-bond donors (Lipinski definition) is 1. The molecule has 0 aromatic heterocycles. The van der Waals surface area contributed by atoms with Gasteiger partial charge < -0.3 is 19.3 Å². The maximum Gasteiger partial charge on any atom is 0.160 e. The number of methoxy groups -OCH3 is 2. The maximum absolute atomic E-state index is 9.83. The summed E-state index contributed by atoms with van der Waals surface area (Å²) in [5.41, 5.74) is 1.20. The second-order valence-electron chi connectivity index (χ2n) is 7.14. The molecule has 0 amide bonds. The van der Waals surface area contributed by atoms with E-state index in [1.54, 1.807) is 14.2 Å². The van der Waals surface area contributed by atoms with Crippen molar-refractivity contribution in [2.45, 2.75) is 56.8 Å². The van der Waals surface area contributed by atoms with Crippen molar-refractivity contribution in [1.29, 1.82) is 0 Å². The number of likely N-dealkylation sites (tertiary alicyclic amines) is 1. The van der Waals surface area contributed by atoms with Crippen LogP contribution in [0.1, 0.15) is 37.7 Å². The molecule has 148 valence electrons. The first-order valence-corrected chi connectivity index (χ1v) is 9.46. The van der Waals surface area contributed by atoms with Crippen molar-refractivity contribution in [3.8, 4) is 11.5 Å². The van der Waals surface area contributed by atoms with Crippen LogP contribution in [0.2, 0.25) is 0 Å². The lowest BCUT2D eigenvalue weighted by molar-refractivity contribution is -0.0316. The zero-order chi connectivity index (χ0) is 17.6. The zero-order valence-electron chi connectivity index (χ0n) is 15.9. The molecule has 26 heavy (non-hydrogen) atoms. The van der Waals surface area contributed by atoms with Crippen LogP contribution in [-0.4, -0.2) is 62.2 Å². The minimum absolute atomic E-state index is 0. The summed E-state index contributed by atoms with van der Waals surface area (Å²) in [6.45, 7) is 2.52. The average molecular weight is 388 g/mol. The fourth-order valence-electron chi connectivity index (χ4n) is 4.12. The lowest BCUT2D eigenvalue weighted by atomic mass is 9.91. The lowest BCUT2D eigenvalue weighted by Gasteiger charge is -2.37. The molecule has 0 radical (unpaired) electrons. The van der Waals surface area contributed by atoms with Crippen molar-refractivity contribution in [3.05, 3.63) is 23.8 Å². The second-order valence-corrected chi connectivity index (χ2v) is 7.14. The molecule has 3 rings (SSSR count). The van der Waals surface area contributed by atoms with Gasteiger partial charge in [-0.05, 0) is 43.4 Å². The van der Waals surface area contributed by atoms with Crippen LogP contribution in [0.5, 0.6) is 11.5 Å². The number of benzene rings is 1. The van der Waals surface area contributed by atoms with Gasteiger partial charge in [0.1, 0.15) is 0 Å². The molecule has 2 aliphatic rings. The van der Waals surface area contributed by atoms with Gasteiger partial charge in [-0.25, -0.2) is 0 Å². The highest BCUT2D eigenvalue weighted by Gasteiger charge is 2.34. The predicted octanol–water partition coefficient (Wildman–Crippen LogP) is 3.06. The summed E-state index contributed by atoms with van der Waals surface area (Å²) >= 11 is 0. The van der Waals surface area contributed by atoms with E-state index in [1.165, 1.54) is 24.8 Å². The number of β-amino-alcohol motifs (C(OH)–C–C–N with tert-alkyl or cyclic N) is 1. The third-order valence-corrected chi connectivity index (χ3v) is 5.50. The van der Waals surface area contributed by atoms with Gasteiger partial charge in [-0.3, -0.25) is 4.90 Å². The quantitative estimate of drug-likeness (QED) is 0.729. The molecule has 5 nitrogen and oxygen atoms in total. The fraction of sp³-hybridized carbons (Fsp3) is 0.700. The van der Waals surface area contributed by atoms with Gasteiger partial charge in [0, 0.05) is 19.1 Å². The summed E-state index contributed by atoms with van der Waals surface area (Å²) in [4.78, 5) is 2.44. The predicted molar refractivity (Wildman–Crippen MR) is 105 cm³/mol. The van der Waals surface area contributed by atoms with E-state index in [9.17, 15) is 5.11 Å². The number of nitrogens with zero attached hydrogens (tertiary/aromatic N) is 1. The Bertz CT molecular complexity index is 557. The minimum Gasteiger partial charge on any atom is -0.493 e. The first kappa shape index (κ1) is 21.3. The van der Waals surface area contributed by atoms with Gasteiger partial charge in [0.15, 0.2) is 11.5 Å². The van der Waals surface area contributed by atoms with E-state index in [0.717, 1.165) is 43.9 Å². The molecule has 0 bridgehead atoms. The molecule has 1 N–H and O–H groups in total. The number of aliphatic hydroxyl groups excluding tert-OH is 1. The van der Waals surface area contributed by atoms with Crippen LogP contribution < -0.4 is 9.47 Å². The van der Waals surface area contributed by atoms with E-state index in [0.29, 0.717) is 18.8 Å². The number of ether oxygens (including phenoxy) is 3. The van der Waals surface area contributed by atoms with E-state index in [1.807, 2.05) is 12.1 Å². The molecule has 6 heteroatoms. The molecule has 0 spiro atoms. The molecule has 1 heterocycles. The summed E-state index contributed by atoms with van der Waals surface area (Å²) in [7, 11) is 3.31. The standard InChI is InChI=1S/C20H31NO4.ClH/c1-23-19-8-7-15(13-20(19)24-2)10-12-25-18-6-4-3-5-17(18)21-11-9-16(22)14-21;/h7-8,13,16-18,22H,3-6,9-12,14H2,1-2H3;1H/t16-,17?,18+;/m1./s1/i1+1,2+1;. The van der Waals surface area contributed by atoms with Crippen LogP contribution in [0.3, 0.4) is 0 Å². The first-order chi connectivity index (χ1) is 12.2. The van der Waals surface area contributed by atoms with Crippen LogP contribution in [0, 0.1) is 0 Å². The Kier molecular flexibility index (Phi) is 8.48. The van der Waals surface area contributed by atoms with Crippen LogP contribution in [0.15, 0.2) is 18.2 Å². The molecule has 2 fully saturated rings. The average Bonchev–Trinajstić information content (AvgIpc) is 3.08. The van der Waals surface area contributed by atoms with Gasteiger partial charge in [0.25, 0.3) is 0 Å². The van der Waals surface area contributed by atoms with Crippen LogP contribution in [0.4, 0.5) is 0 Å². The van der Waals surface area contributed by atoms with Crippen molar-refractivity contribution >= 4 is 12.4 Å². The molecular weight excluding hydrogens is 356 g/mol. The number of halogens is 1. The highest BCUT2D eigenvalue weighted by Crippen LogP contribution is 2.30. The van der Waals surface area contributed by atoms with Gasteiger partial charge >= 0.3 is 0 Å². The third-order valence-electron chi connectivity index (χ3n) is 5.50. The minimum atomic E-state index is -0.158. The highest BCUT2D eigenvalue weighted by atomic mass is 35.5. The van der Waals surface area contributed by atoms with Crippen LogP contribution >= 0.6 is 12.4 Å². The van der Waals surface area contributed by atoms with E-state index in [-0.39, 0.29) is 18.5 Å². The Labute approximate surface area is 163 Å². The highest BCUT2D eigenvalue weighted by molar-refractivity contribution is 5.85. The smallest absolute Gasteiger partial charge is 0.160 e. The Balaban J connectivity index is 0.00000243. The lowest BCUT2D eigenvalue weighted by Crippen LogP contribution is -2.46. The first-order valence-electron chi connectivity index (χ1n) is 9.46. The second kappa shape index (κ2) is 10.4. The molecule has 1 saturated carbocycles.